The molecule has 0 spiro atoms. The Morgan fingerprint density at radius 2 is 1.90 bits per heavy atom. The summed E-state index contributed by atoms with van der Waals surface area (Å²) in [7, 11) is 2.17. The van der Waals surface area contributed by atoms with Gasteiger partial charge in [0, 0.05) is 36.3 Å². The van der Waals surface area contributed by atoms with Crippen LogP contribution in [0.15, 0.2) is 48.7 Å². The van der Waals surface area contributed by atoms with E-state index < -0.39 is 0 Å². The zero-order valence-corrected chi connectivity index (χ0v) is 17.6. The van der Waals surface area contributed by atoms with Crippen molar-refractivity contribution >= 4 is 16.8 Å². The molecule has 1 amide bonds. The number of halogens is 1. The lowest BCUT2D eigenvalue weighted by Gasteiger charge is -2.31. The Labute approximate surface area is 177 Å². The minimum absolute atomic E-state index is 0.0418. The van der Waals surface area contributed by atoms with Gasteiger partial charge in [-0.05, 0) is 43.1 Å². The lowest BCUT2D eigenvalue weighted by molar-refractivity contribution is -0.120. The third kappa shape index (κ3) is 4.73. The highest BCUT2D eigenvalue weighted by Crippen LogP contribution is 2.30. The fourth-order valence-electron chi connectivity index (χ4n) is 4.54. The lowest BCUT2D eigenvalue weighted by atomic mass is 9.94. The van der Waals surface area contributed by atoms with Crippen molar-refractivity contribution in [2.24, 2.45) is 0 Å². The number of fused-ring (bicyclic) bond motifs is 1. The second-order valence-corrected chi connectivity index (χ2v) is 8.35. The Kier molecular flexibility index (Phi) is 6.48. The molecule has 0 aliphatic heterocycles. The zero-order chi connectivity index (χ0) is 20.9. The SMILES string of the molecule is CN(CCNC(=O)Cc1c[nH]c2c(-c3ccc(F)cc3)cccc12)C1CCCCC1. The Morgan fingerprint density at radius 3 is 2.67 bits per heavy atom. The molecule has 0 bridgehead atoms. The van der Waals surface area contributed by atoms with E-state index in [1.807, 2.05) is 24.4 Å². The smallest absolute Gasteiger partial charge is 0.224 e. The van der Waals surface area contributed by atoms with E-state index in [-0.39, 0.29) is 11.7 Å². The van der Waals surface area contributed by atoms with Gasteiger partial charge < -0.3 is 15.2 Å². The zero-order valence-electron chi connectivity index (χ0n) is 17.6. The highest BCUT2D eigenvalue weighted by Gasteiger charge is 2.18. The predicted octanol–water partition coefficient (Wildman–Crippen LogP) is 4.90. The topological polar surface area (TPSA) is 48.1 Å². The van der Waals surface area contributed by atoms with Crippen molar-refractivity contribution in [3.05, 3.63) is 60.0 Å². The number of aromatic nitrogens is 1. The molecule has 5 heteroatoms. The number of amides is 1. The Balaban J connectivity index is 1.37. The number of likely N-dealkylation sites (N-methyl/N-ethyl adjacent to an activating group) is 1. The molecule has 0 unspecified atom stereocenters. The molecule has 0 saturated heterocycles. The molecule has 0 atom stereocenters. The van der Waals surface area contributed by atoms with Gasteiger partial charge in [0.25, 0.3) is 0 Å². The van der Waals surface area contributed by atoms with E-state index in [1.54, 1.807) is 12.1 Å². The van der Waals surface area contributed by atoms with Crippen LogP contribution in [0.3, 0.4) is 0 Å². The summed E-state index contributed by atoms with van der Waals surface area (Å²) >= 11 is 0. The van der Waals surface area contributed by atoms with Gasteiger partial charge in [-0.2, -0.15) is 0 Å². The summed E-state index contributed by atoms with van der Waals surface area (Å²) in [5.74, 6) is -0.205. The van der Waals surface area contributed by atoms with Crippen molar-refractivity contribution in [2.45, 2.75) is 44.6 Å². The number of para-hydroxylation sites is 1. The maximum Gasteiger partial charge on any atom is 0.224 e. The van der Waals surface area contributed by atoms with Crippen molar-refractivity contribution in [3.8, 4) is 11.1 Å². The number of carbonyl (C=O) groups is 1. The molecule has 1 saturated carbocycles. The Morgan fingerprint density at radius 1 is 1.13 bits per heavy atom. The first-order valence-corrected chi connectivity index (χ1v) is 10.9. The van der Waals surface area contributed by atoms with Gasteiger partial charge in [-0.3, -0.25) is 4.79 Å². The third-order valence-corrected chi connectivity index (χ3v) is 6.29. The Hall–Kier alpha value is -2.66. The molecule has 4 nitrogen and oxygen atoms in total. The number of nitrogens with zero attached hydrogens (tertiary/aromatic N) is 1. The first-order valence-electron chi connectivity index (χ1n) is 10.9. The van der Waals surface area contributed by atoms with Crippen molar-refractivity contribution < 1.29 is 9.18 Å². The van der Waals surface area contributed by atoms with Gasteiger partial charge in [0.05, 0.1) is 11.9 Å². The minimum Gasteiger partial charge on any atom is -0.360 e. The fraction of sp³-hybridized carbons (Fsp3) is 0.400. The number of hydrogen-bond donors (Lipinski definition) is 2. The average molecular weight is 408 g/mol. The molecule has 1 aliphatic carbocycles. The number of hydrogen-bond acceptors (Lipinski definition) is 2. The van der Waals surface area contributed by atoms with E-state index in [2.05, 4.69) is 22.2 Å². The van der Waals surface area contributed by atoms with Gasteiger partial charge in [0.2, 0.25) is 5.91 Å². The molecule has 1 aromatic heterocycles. The molecular weight excluding hydrogens is 377 g/mol. The molecule has 2 N–H and O–H groups in total. The third-order valence-electron chi connectivity index (χ3n) is 6.29. The van der Waals surface area contributed by atoms with Crippen LogP contribution in [0.2, 0.25) is 0 Å². The number of benzene rings is 2. The van der Waals surface area contributed by atoms with Crippen LogP contribution in [0.25, 0.3) is 22.0 Å². The number of H-pyrrole nitrogens is 1. The maximum atomic E-state index is 13.3. The molecular formula is C25H30FN3O. The van der Waals surface area contributed by atoms with Gasteiger partial charge in [0.15, 0.2) is 0 Å². The maximum absolute atomic E-state index is 13.3. The van der Waals surface area contributed by atoms with Crippen LogP contribution in [0.1, 0.15) is 37.7 Å². The fourth-order valence-corrected chi connectivity index (χ4v) is 4.54. The first kappa shape index (κ1) is 20.6. The van der Waals surface area contributed by atoms with Crippen LogP contribution in [0.4, 0.5) is 4.39 Å². The highest BCUT2D eigenvalue weighted by atomic mass is 19.1. The monoisotopic (exact) mass is 407 g/mol. The van der Waals surface area contributed by atoms with E-state index in [9.17, 15) is 9.18 Å². The van der Waals surface area contributed by atoms with E-state index in [1.165, 1.54) is 44.2 Å². The van der Waals surface area contributed by atoms with Crippen molar-refractivity contribution in [1.82, 2.24) is 15.2 Å². The van der Waals surface area contributed by atoms with Crippen LogP contribution in [-0.4, -0.2) is 42.0 Å². The van der Waals surface area contributed by atoms with Crippen molar-refractivity contribution in [1.29, 1.82) is 0 Å². The number of rotatable bonds is 7. The molecule has 1 fully saturated rings. The summed E-state index contributed by atoms with van der Waals surface area (Å²) < 4.78 is 13.3. The predicted molar refractivity (Wildman–Crippen MR) is 120 cm³/mol. The van der Waals surface area contributed by atoms with Crippen LogP contribution >= 0.6 is 0 Å². The molecule has 1 heterocycles. The second-order valence-electron chi connectivity index (χ2n) is 8.35. The van der Waals surface area contributed by atoms with Crippen molar-refractivity contribution in [2.75, 3.05) is 20.1 Å². The molecule has 30 heavy (non-hydrogen) atoms. The van der Waals surface area contributed by atoms with E-state index >= 15 is 0 Å². The summed E-state index contributed by atoms with van der Waals surface area (Å²) in [6, 6.07) is 13.2. The van der Waals surface area contributed by atoms with Gasteiger partial charge in [-0.25, -0.2) is 4.39 Å². The summed E-state index contributed by atoms with van der Waals surface area (Å²) in [6.45, 7) is 1.56. The minimum atomic E-state index is -0.246. The van der Waals surface area contributed by atoms with Crippen molar-refractivity contribution in [3.63, 3.8) is 0 Å². The summed E-state index contributed by atoms with van der Waals surface area (Å²) in [4.78, 5) is 18.2. The first-order chi connectivity index (χ1) is 14.6. The molecule has 2 aromatic carbocycles. The number of carbonyl (C=O) groups excluding carboxylic acids is 1. The quantitative estimate of drug-likeness (QED) is 0.585. The van der Waals surface area contributed by atoms with Crippen LogP contribution < -0.4 is 5.32 Å². The summed E-state index contributed by atoms with van der Waals surface area (Å²) in [5.41, 5.74) is 3.91. The molecule has 1 aliphatic rings. The highest BCUT2D eigenvalue weighted by molar-refractivity contribution is 5.97. The molecule has 4 rings (SSSR count). The number of nitrogens with one attached hydrogen (secondary N) is 2. The van der Waals surface area contributed by atoms with Gasteiger partial charge in [-0.1, -0.05) is 49.6 Å². The summed E-state index contributed by atoms with van der Waals surface area (Å²) in [5, 5.41) is 4.11. The van der Waals surface area contributed by atoms with Gasteiger partial charge in [0.1, 0.15) is 5.82 Å². The lowest BCUT2D eigenvalue weighted by Crippen LogP contribution is -2.39. The van der Waals surface area contributed by atoms with Crippen LogP contribution in [0.5, 0.6) is 0 Å². The van der Waals surface area contributed by atoms with E-state index in [0.717, 1.165) is 34.1 Å². The Bertz CT molecular complexity index is 989. The van der Waals surface area contributed by atoms with E-state index in [0.29, 0.717) is 19.0 Å². The largest absolute Gasteiger partial charge is 0.360 e. The summed E-state index contributed by atoms with van der Waals surface area (Å²) in [6.07, 6.45) is 8.80. The number of aromatic amines is 1. The molecule has 0 radical (unpaired) electrons. The van der Waals surface area contributed by atoms with Gasteiger partial charge in [-0.15, -0.1) is 0 Å². The van der Waals surface area contributed by atoms with Gasteiger partial charge >= 0.3 is 0 Å². The van der Waals surface area contributed by atoms with Crippen LogP contribution in [-0.2, 0) is 11.2 Å². The normalized spacial score (nSPS) is 15.0. The second kappa shape index (κ2) is 9.43. The van der Waals surface area contributed by atoms with E-state index in [4.69, 9.17) is 0 Å². The van der Waals surface area contributed by atoms with Crippen LogP contribution in [0, 0.1) is 5.82 Å². The average Bonchev–Trinajstić information content (AvgIpc) is 3.18. The molecule has 3 aromatic rings. The standard InChI is InChI=1S/C25H30FN3O/c1-29(21-6-3-2-4-7-21)15-14-27-24(30)16-19-17-28-25-22(8-5-9-23(19)25)18-10-12-20(26)13-11-18/h5,8-13,17,21,28H,2-4,6-7,14-16H2,1H3,(H,27,30). The molecule has 158 valence electrons.